The topological polar surface area (TPSA) is 121 Å². The molecule has 0 spiro atoms. The minimum Gasteiger partial charge on any atom is -0.504 e. The molecular weight excluding hydrogens is 791 g/mol. The van der Waals surface area contributed by atoms with E-state index in [4.69, 9.17) is 27.9 Å². The van der Waals surface area contributed by atoms with Gasteiger partial charge in [-0.15, -0.1) is 23.2 Å². The van der Waals surface area contributed by atoms with E-state index in [2.05, 4.69) is 31.9 Å². The summed E-state index contributed by atoms with van der Waals surface area (Å²) < 4.78 is 5.90. The number of ketones is 1. The molecule has 1 N–H and O–H groups in total. The zero-order valence-corrected chi connectivity index (χ0v) is 29.8. The van der Waals surface area contributed by atoms with E-state index in [1.807, 2.05) is 6.07 Å². The average molecular weight is 817 g/mol. The van der Waals surface area contributed by atoms with Gasteiger partial charge in [0.25, 0.3) is 11.8 Å². The van der Waals surface area contributed by atoms with E-state index in [9.17, 15) is 29.1 Å². The van der Waals surface area contributed by atoms with Crippen LogP contribution in [0.2, 0.25) is 0 Å². The lowest BCUT2D eigenvalue weighted by Gasteiger charge is -2.50. The fourth-order valence-electron chi connectivity index (χ4n) is 7.84. The van der Waals surface area contributed by atoms with Crippen molar-refractivity contribution in [3.05, 3.63) is 99.5 Å². The highest BCUT2D eigenvalue weighted by Gasteiger charge is 2.76. The summed E-state index contributed by atoms with van der Waals surface area (Å²) in [4.78, 5) is 67.1. The Labute approximate surface area is 302 Å². The lowest BCUT2D eigenvalue weighted by atomic mass is 9.56. The highest BCUT2D eigenvalue weighted by Crippen LogP contribution is 2.66. The van der Waals surface area contributed by atoms with E-state index < -0.39 is 57.0 Å². The van der Waals surface area contributed by atoms with Crippen LogP contribution in [0.1, 0.15) is 40.2 Å². The second kappa shape index (κ2) is 11.8. The van der Waals surface area contributed by atoms with Crippen LogP contribution in [0.3, 0.4) is 0 Å². The molecule has 4 aliphatic rings. The number of nitrogens with zero attached hydrogens (tertiary/aromatic N) is 2. The van der Waals surface area contributed by atoms with Gasteiger partial charge in [-0.05, 0) is 55.2 Å². The number of hydrogen-bond donors (Lipinski definition) is 1. The van der Waals surface area contributed by atoms with Crippen LogP contribution >= 0.6 is 55.1 Å². The molecule has 3 fully saturated rings. The summed E-state index contributed by atoms with van der Waals surface area (Å²) in [5, 5.41) is 11.4. The van der Waals surface area contributed by atoms with Crippen molar-refractivity contribution < 1.29 is 33.8 Å². The quantitative estimate of drug-likeness (QED) is 0.102. The zero-order valence-electron chi connectivity index (χ0n) is 25.2. The van der Waals surface area contributed by atoms with Crippen molar-refractivity contribution in [2.45, 2.75) is 28.5 Å². The van der Waals surface area contributed by atoms with Crippen LogP contribution in [0, 0.1) is 17.8 Å². The number of amides is 4. The van der Waals surface area contributed by atoms with E-state index in [1.54, 1.807) is 66.7 Å². The molecule has 4 amide bonds. The first-order chi connectivity index (χ1) is 22.9. The van der Waals surface area contributed by atoms with Crippen LogP contribution in [0.25, 0.3) is 0 Å². The number of halogens is 4. The molecule has 1 saturated carbocycles. The van der Waals surface area contributed by atoms with E-state index in [0.717, 1.165) is 9.80 Å². The normalized spacial score (nSPS) is 29.4. The summed E-state index contributed by atoms with van der Waals surface area (Å²) in [7, 11) is 1.38. The molecule has 246 valence electrons. The molecule has 0 radical (unpaired) electrons. The van der Waals surface area contributed by atoms with Gasteiger partial charge in [-0.3, -0.25) is 33.8 Å². The summed E-state index contributed by atoms with van der Waals surface area (Å²) in [6.45, 7) is 0. The summed E-state index contributed by atoms with van der Waals surface area (Å²) in [5.74, 6) is -6.45. The predicted molar refractivity (Wildman–Crippen MR) is 185 cm³/mol. The minimum atomic E-state index is -2.08. The fourth-order valence-corrected chi connectivity index (χ4v) is 9.71. The molecule has 2 heterocycles. The highest BCUT2D eigenvalue weighted by atomic mass is 79.9. The Hall–Kier alpha value is -3.51. The number of likely N-dealkylation sites (tertiary alicyclic amines) is 1. The van der Waals surface area contributed by atoms with Gasteiger partial charge in [0, 0.05) is 27.1 Å². The van der Waals surface area contributed by atoms with Gasteiger partial charge in [-0.25, -0.2) is 0 Å². The van der Waals surface area contributed by atoms with Crippen molar-refractivity contribution in [3.8, 4) is 11.5 Å². The van der Waals surface area contributed by atoms with Crippen LogP contribution in [0.15, 0.2) is 82.9 Å². The number of imide groups is 2. The predicted octanol–water partition coefficient (Wildman–Crippen LogP) is 6.31. The molecule has 6 unspecified atom stereocenters. The number of allylic oxidation sites excluding steroid dienone is 2. The SMILES string of the molecule is COc1cc(Br)cc(C2C3=CCC4C(=O)N(c5ccc(C(=O)c6ccccc6)cc5)C(=O)C4C3CC3(Cl)C(=O)N(CBr)C(=O)C23Cl)c1O. The number of alkyl halides is 3. The summed E-state index contributed by atoms with van der Waals surface area (Å²) in [6.07, 6.45) is 1.74. The summed E-state index contributed by atoms with van der Waals surface area (Å²) >= 11 is 21.2. The molecule has 6 atom stereocenters. The molecule has 2 aliphatic heterocycles. The minimum absolute atomic E-state index is 0.0952. The lowest BCUT2D eigenvalue weighted by Crippen LogP contribution is -2.60. The molecule has 0 aromatic heterocycles. The lowest BCUT2D eigenvalue weighted by molar-refractivity contribution is -0.138. The van der Waals surface area contributed by atoms with Crippen molar-refractivity contribution in [3.63, 3.8) is 0 Å². The van der Waals surface area contributed by atoms with Crippen molar-refractivity contribution in [2.24, 2.45) is 17.8 Å². The van der Waals surface area contributed by atoms with Gasteiger partial charge in [0.1, 0.15) is 0 Å². The maximum Gasteiger partial charge on any atom is 0.254 e. The number of phenols is 1. The largest absolute Gasteiger partial charge is 0.504 e. The smallest absolute Gasteiger partial charge is 0.254 e. The third-order valence-corrected chi connectivity index (χ3v) is 12.4. The van der Waals surface area contributed by atoms with E-state index >= 15 is 0 Å². The second-order valence-corrected chi connectivity index (χ2v) is 14.9. The first-order valence-corrected chi connectivity index (χ1v) is 17.7. The molecule has 9 nitrogen and oxygen atoms in total. The molecule has 2 aliphatic carbocycles. The van der Waals surface area contributed by atoms with E-state index in [1.165, 1.54) is 7.11 Å². The van der Waals surface area contributed by atoms with Crippen LogP contribution in [-0.2, 0) is 19.2 Å². The number of anilines is 1. The van der Waals surface area contributed by atoms with Crippen LogP contribution in [-0.4, -0.2) is 61.7 Å². The molecule has 13 heteroatoms. The first-order valence-electron chi connectivity index (χ1n) is 15.0. The zero-order chi connectivity index (χ0) is 34.3. The Morgan fingerprint density at radius 3 is 2.27 bits per heavy atom. The van der Waals surface area contributed by atoms with Crippen molar-refractivity contribution in [1.29, 1.82) is 0 Å². The Bertz CT molecular complexity index is 1960. The third kappa shape index (κ3) is 4.50. The fraction of sp³-hybridized carbons (Fsp3) is 0.286. The van der Waals surface area contributed by atoms with Crippen LogP contribution in [0.4, 0.5) is 5.69 Å². The Morgan fingerprint density at radius 1 is 0.958 bits per heavy atom. The summed E-state index contributed by atoms with van der Waals surface area (Å²) in [6, 6.07) is 18.2. The number of methoxy groups -OCH3 is 1. The molecule has 7 rings (SSSR count). The molecule has 48 heavy (non-hydrogen) atoms. The third-order valence-electron chi connectivity index (χ3n) is 10.0. The molecule has 2 saturated heterocycles. The van der Waals surface area contributed by atoms with E-state index in [-0.39, 0.29) is 41.1 Å². The second-order valence-electron chi connectivity index (χ2n) is 12.3. The number of phenolic OH excluding ortho intramolecular Hbond substituents is 1. The number of ether oxygens (including phenoxy) is 1. The molecular formula is C35H26Br2Cl2N2O7. The Kier molecular flexibility index (Phi) is 8.13. The monoisotopic (exact) mass is 814 g/mol. The first kappa shape index (κ1) is 33.0. The van der Waals surface area contributed by atoms with Crippen molar-refractivity contribution in [1.82, 2.24) is 4.90 Å². The van der Waals surface area contributed by atoms with Gasteiger partial charge in [0.2, 0.25) is 11.8 Å². The van der Waals surface area contributed by atoms with Crippen molar-refractivity contribution >= 4 is 90.2 Å². The molecule has 0 bridgehead atoms. The van der Waals surface area contributed by atoms with Gasteiger partial charge < -0.3 is 9.84 Å². The standard InChI is InChI=1S/C35H26Br2Cl2N2O7/c1-48-25-14-19(37)13-23(29(25)43)27-21-11-12-22-26(24(21)15-34(38)32(46)40(16-36)33(47)35(27,34)39)31(45)41(30(22)44)20-9-7-18(8-10-20)28(42)17-5-3-2-4-6-17/h2-11,13-14,22,24,26-27,43H,12,15-16H2,1H3. The Morgan fingerprint density at radius 2 is 1.62 bits per heavy atom. The number of benzene rings is 3. The number of rotatable bonds is 6. The number of carbonyl (C=O) groups excluding carboxylic acids is 5. The summed E-state index contributed by atoms with van der Waals surface area (Å²) in [5.41, 5.74) is 1.75. The highest BCUT2D eigenvalue weighted by molar-refractivity contribution is 9.10. The van der Waals surface area contributed by atoms with Gasteiger partial charge in [0.05, 0.1) is 30.1 Å². The van der Waals surface area contributed by atoms with Gasteiger partial charge in [-0.2, -0.15) is 0 Å². The Balaban J connectivity index is 1.31. The van der Waals surface area contributed by atoms with Crippen LogP contribution in [0.5, 0.6) is 11.5 Å². The van der Waals surface area contributed by atoms with Gasteiger partial charge in [0.15, 0.2) is 27.0 Å². The number of hydrogen-bond acceptors (Lipinski definition) is 7. The molecule has 3 aromatic rings. The number of aromatic hydroxyl groups is 1. The van der Waals surface area contributed by atoms with E-state index in [0.29, 0.717) is 26.9 Å². The number of fused-ring (bicyclic) bond motifs is 4. The molecule has 3 aromatic carbocycles. The van der Waals surface area contributed by atoms with Gasteiger partial charge in [-0.1, -0.05) is 73.8 Å². The van der Waals surface area contributed by atoms with Crippen LogP contribution < -0.4 is 9.64 Å². The maximum absolute atomic E-state index is 14.3. The number of carbonyl (C=O) groups is 5. The van der Waals surface area contributed by atoms with Gasteiger partial charge >= 0.3 is 0 Å². The average Bonchev–Trinajstić information content (AvgIpc) is 3.43. The maximum atomic E-state index is 14.3. The van der Waals surface area contributed by atoms with Crippen molar-refractivity contribution in [2.75, 3.05) is 17.5 Å².